The van der Waals surface area contributed by atoms with Gasteiger partial charge in [-0.15, -0.1) is 0 Å². The summed E-state index contributed by atoms with van der Waals surface area (Å²) in [5, 5.41) is 0. The number of imide groups is 1. The van der Waals surface area contributed by atoms with Gasteiger partial charge in [-0.05, 0) is 29.7 Å². The maximum Gasteiger partial charge on any atom is 0.331 e. The second-order valence-corrected chi connectivity index (χ2v) is 5.72. The first-order valence-corrected chi connectivity index (χ1v) is 7.80. The molecule has 0 saturated carbocycles. The molecule has 0 radical (unpaired) electrons. The Labute approximate surface area is 140 Å². The lowest BCUT2D eigenvalue weighted by atomic mass is 9.89. The maximum atomic E-state index is 12.7. The van der Waals surface area contributed by atoms with Crippen LogP contribution in [0.4, 0.5) is 4.79 Å². The first-order chi connectivity index (χ1) is 11.5. The average Bonchev–Trinajstić information content (AvgIpc) is 2.62. The van der Waals surface area contributed by atoms with Gasteiger partial charge in [-0.3, -0.25) is 24.6 Å². The van der Waals surface area contributed by atoms with Crippen molar-refractivity contribution in [1.29, 1.82) is 0 Å². The SMILES string of the molecule is CCC1=CN=C2C(C(=O)N(C)C(=O)N2C)C1=NCc1ccncc1. The number of allylic oxidation sites excluding steroid dienone is 1. The number of pyridine rings is 1. The molecule has 124 valence electrons. The lowest BCUT2D eigenvalue weighted by Crippen LogP contribution is -2.59. The van der Waals surface area contributed by atoms with E-state index in [1.165, 1.54) is 11.9 Å². The van der Waals surface area contributed by atoms with E-state index >= 15 is 0 Å². The van der Waals surface area contributed by atoms with Gasteiger partial charge in [-0.2, -0.15) is 0 Å². The van der Waals surface area contributed by atoms with Crippen molar-refractivity contribution in [2.24, 2.45) is 15.9 Å². The van der Waals surface area contributed by atoms with Crippen molar-refractivity contribution in [2.45, 2.75) is 19.9 Å². The zero-order valence-electron chi connectivity index (χ0n) is 13.9. The van der Waals surface area contributed by atoms with E-state index < -0.39 is 5.92 Å². The Morgan fingerprint density at radius 1 is 1.17 bits per heavy atom. The minimum Gasteiger partial charge on any atom is -0.284 e. The fourth-order valence-corrected chi connectivity index (χ4v) is 2.84. The lowest BCUT2D eigenvalue weighted by Gasteiger charge is -2.37. The summed E-state index contributed by atoms with van der Waals surface area (Å²) in [6.07, 6.45) is 5.86. The smallest absolute Gasteiger partial charge is 0.284 e. The molecule has 0 aliphatic carbocycles. The standard InChI is InChI=1S/C17H19N5O2/c1-4-12-10-20-15-13(16(23)22(3)17(24)21(15)2)14(12)19-9-11-5-7-18-8-6-11/h5-8,10,13H,4,9H2,1-3H3. The van der Waals surface area contributed by atoms with Gasteiger partial charge >= 0.3 is 6.03 Å². The van der Waals surface area contributed by atoms with Gasteiger partial charge in [-0.1, -0.05) is 6.92 Å². The van der Waals surface area contributed by atoms with Crippen molar-refractivity contribution < 1.29 is 9.59 Å². The quantitative estimate of drug-likeness (QED) is 0.851. The van der Waals surface area contributed by atoms with Crippen LogP contribution in [0.3, 0.4) is 0 Å². The first-order valence-electron chi connectivity index (χ1n) is 7.80. The number of hydrogen-bond donors (Lipinski definition) is 0. The van der Waals surface area contributed by atoms with Gasteiger partial charge in [0.2, 0.25) is 5.91 Å². The number of carbonyl (C=O) groups excluding carboxylic acids is 2. The van der Waals surface area contributed by atoms with Crippen LogP contribution < -0.4 is 0 Å². The molecule has 7 heteroatoms. The predicted molar refractivity (Wildman–Crippen MR) is 90.6 cm³/mol. The Morgan fingerprint density at radius 3 is 2.54 bits per heavy atom. The highest BCUT2D eigenvalue weighted by Crippen LogP contribution is 2.27. The molecule has 1 aromatic rings. The van der Waals surface area contributed by atoms with Gasteiger partial charge in [0.25, 0.3) is 0 Å². The number of urea groups is 1. The average molecular weight is 325 g/mol. The van der Waals surface area contributed by atoms with E-state index in [4.69, 9.17) is 0 Å². The second kappa shape index (κ2) is 6.35. The zero-order valence-corrected chi connectivity index (χ0v) is 13.9. The van der Waals surface area contributed by atoms with Crippen LogP contribution >= 0.6 is 0 Å². The van der Waals surface area contributed by atoms with Crippen LogP contribution in [0.15, 0.2) is 46.3 Å². The Kier molecular flexibility index (Phi) is 4.24. The highest BCUT2D eigenvalue weighted by atomic mass is 16.2. The van der Waals surface area contributed by atoms with Crippen molar-refractivity contribution in [3.63, 3.8) is 0 Å². The third kappa shape index (κ3) is 2.62. The van der Waals surface area contributed by atoms with Crippen LogP contribution in [0.25, 0.3) is 0 Å². The number of aromatic nitrogens is 1. The van der Waals surface area contributed by atoms with Crippen molar-refractivity contribution in [3.8, 4) is 0 Å². The third-order valence-corrected chi connectivity index (χ3v) is 4.27. The molecule has 1 unspecified atom stereocenters. The van der Waals surface area contributed by atoms with Crippen molar-refractivity contribution in [1.82, 2.24) is 14.8 Å². The van der Waals surface area contributed by atoms with Crippen LogP contribution in [-0.2, 0) is 11.3 Å². The number of nitrogens with zero attached hydrogens (tertiary/aromatic N) is 5. The van der Waals surface area contributed by atoms with Gasteiger partial charge in [0, 0.05) is 32.7 Å². The van der Waals surface area contributed by atoms with E-state index in [1.807, 2.05) is 19.1 Å². The molecule has 0 N–H and O–H groups in total. The Hall–Kier alpha value is -2.83. The largest absolute Gasteiger partial charge is 0.331 e. The highest BCUT2D eigenvalue weighted by Gasteiger charge is 2.45. The van der Waals surface area contributed by atoms with Crippen LogP contribution in [0.2, 0.25) is 0 Å². The van der Waals surface area contributed by atoms with Crippen molar-refractivity contribution in [3.05, 3.63) is 41.9 Å². The van der Waals surface area contributed by atoms with Gasteiger partial charge in [0.15, 0.2) is 0 Å². The van der Waals surface area contributed by atoms with Crippen molar-refractivity contribution >= 4 is 23.5 Å². The van der Waals surface area contributed by atoms with Gasteiger partial charge in [0.1, 0.15) is 11.8 Å². The number of carbonyl (C=O) groups is 2. The van der Waals surface area contributed by atoms with Crippen LogP contribution in [0, 0.1) is 5.92 Å². The topological polar surface area (TPSA) is 78.2 Å². The van der Waals surface area contributed by atoms with Crippen LogP contribution in [-0.4, -0.2) is 52.4 Å². The molecule has 2 aliphatic heterocycles. The number of amides is 3. The van der Waals surface area contributed by atoms with Gasteiger partial charge in [0.05, 0.1) is 12.3 Å². The molecule has 1 atom stereocenters. The van der Waals surface area contributed by atoms with E-state index in [0.29, 0.717) is 18.1 Å². The third-order valence-electron chi connectivity index (χ3n) is 4.27. The van der Waals surface area contributed by atoms with E-state index in [9.17, 15) is 9.59 Å². The van der Waals surface area contributed by atoms with Crippen LogP contribution in [0.5, 0.6) is 0 Å². The molecule has 1 aromatic heterocycles. The molecule has 3 heterocycles. The molecule has 3 amide bonds. The van der Waals surface area contributed by atoms with Crippen molar-refractivity contribution in [2.75, 3.05) is 14.1 Å². The Morgan fingerprint density at radius 2 is 1.88 bits per heavy atom. The molecule has 0 bridgehead atoms. The number of amidine groups is 1. The number of fused-ring (bicyclic) bond motifs is 1. The minimum atomic E-state index is -0.625. The molecular weight excluding hydrogens is 306 g/mol. The normalized spacial score (nSPS) is 22.5. The van der Waals surface area contributed by atoms with E-state index in [2.05, 4.69) is 15.0 Å². The summed E-state index contributed by atoms with van der Waals surface area (Å²) in [5.74, 6) is -0.474. The summed E-state index contributed by atoms with van der Waals surface area (Å²) in [4.78, 5) is 40.4. The molecule has 1 saturated heterocycles. The molecular formula is C17H19N5O2. The molecule has 1 fully saturated rings. The van der Waals surface area contributed by atoms with Gasteiger partial charge in [-0.25, -0.2) is 9.79 Å². The fourth-order valence-electron chi connectivity index (χ4n) is 2.84. The van der Waals surface area contributed by atoms with Gasteiger partial charge < -0.3 is 0 Å². The van der Waals surface area contributed by atoms with E-state index in [-0.39, 0.29) is 11.9 Å². The maximum absolute atomic E-state index is 12.7. The molecule has 7 nitrogen and oxygen atoms in total. The predicted octanol–water partition coefficient (Wildman–Crippen LogP) is 1.87. The van der Waals surface area contributed by atoms with E-state index in [1.54, 1.807) is 25.6 Å². The molecule has 0 spiro atoms. The fraction of sp³-hybridized carbons (Fsp3) is 0.353. The zero-order chi connectivity index (χ0) is 17.3. The summed E-state index contributed by atoms with van der Waals surface area (Å²) < 4.78 is 0. The van der Waals surface area contributed by atoms with E-state index in [0.717, 1.165) is 22.5 Å². The highest BCUT2D eigenvalue weighted by molar-refractivity contribution is 6.33. The first kappa shape index (κ1) is 16.0. The Balaban J connectivity index is 2.00. The van der Waals surface area contributed by atoms with Crippen LogP contribution in [0.1, 0.15) is 18.9 Å². The molecule has 2 aliphatic rings. The number of rotatable bonds is 3. The number of hydrogen-bond acceptors (Lipinski definition) is 5. The summed E-state index contributed by atoms with van der Waals surface area (Å²) in [5.41, 5.74) is 2.62. The molecule has 3 rings (SSSR count). The Bertz CT molecular complexity index is 766. The summed E-state index contributed by atoms with van der Waals surface area (Å²) >= 11 is 0. The summed E-state index contributed by atoms with van der Waals surface area (Å²) in [7, 11) is 3.12. The monoisotopic (exact) mass is 325 g/mol. The minimum absolute atomic E-state index is 0.288. The molecule has 0 aromatic carbocycles. The molecule has 24 heavy (non-hydrogen) atoms. The number of aliphatic imine (C=N–C) groups is 2. The summed E-state index contributed by atoms with van der Waals surface area (Å²) in [6.45, 7) is 2.45. The second-order valence-electron chi connectivity index (χ2n) is 5.72. The summed E-state index contributed by atoms with van der Waals surface area (Å²) in [6, 6.07) is 3.40. The lowest BCUT2D eigenvalue weighted by molar-refractivity contribution is -0.128.